The molecule has 5 nitrogen and oxygen atoms in total. The Bertz CT molecular complexity index is 411. The molecule has 1 aliphatic rings. The Morgan fingerprint density at radius 2 is 2.12 bits per heavy atom. The number of anilines is 1. The van der Waals surface area contributed by atoms with Gasteiger partial charge in [-0.1, -0.05) is 0 Å². The van der Waals surface area contributed by atoms with Gasteiger partial charge in [0.2, 0.25) is 0 Å². The SMILES string of the molecule is C[C@@H]1CN(c2cnccc2C(=N)N)C[C@H](C)O1. The van der Waals surface area contributed by atoms with Gasteiger partial charge in [0, 0.05) is 24.8 Å². The summed E-state index contributed by atoms with van der Waals surface area (Å²) in [6.45, 7) is 5.70. The van der Waals surface area contributed by atoms with E-state index < -0.39 is 0 Å². The molecule has 92 valence electrons. The third-order valence-electron chi connectivity index (χ3n) is 2.85. The lowest BCUT2D eigenvalue weighted by Gasteiger charge is -2.37. The Balaban J connectivity index is 2.30. The molecule has 0 saturated carbocycles. The number of pyridine rings is 1. The van der Waals surface area contributed by atoms with Gasteiger partial charge in [0.1, 0.15) is 5.84 Å². The van der Waals surface area contributed by atoms with Gasteiger partial charge in [-0.25, -0.2) is 0 Å². The van der Waals surface area contributed by atoms with Crippen LogP contribution in [0.2, 0.25) is 0 Å². The normalized spacial score (nSPS) is 24.7. The van der Waals surface area contributed by atoms with E-state index in [-0.39, 0.29) is 18.0 Å². The first kappa shape index (κ1) is 11.9. The highest BCUT2D eigenvalue weighted by molar-refractivity contribution is 6.00. The van der Waals surface area contributed by atoms with Crippen molar-refractivity contribution in [2.75, 3.05) is 18.0 Å². The maximum absolute atomic E-state index is 7.59. The van der Waals surface area contributed by atoms with Crippen LogP contribution in [0.25, 0.3) is 0 Å². The smallest absolute Gasteiger partial charge is 0.125 e. The van der Waals surface area contributed by atoms with Crippen LogP contribution in [0, 0.1) is 5.41 Å². The second kappa shape index (κ2) is 4.71. The molecule has 2 atom stereocenters. The molecule has 1 fully saturated rings. The number of hydrogen-bond donors (Lipinski definition) is 2. The molecule has 17 heavy (non-hydrogen) atoms. The van der Waals surface area contributed by atoms with Gasteiger partial charge in [-0.05, 0) is 19.9 Å². The number of aromatic nitrogens is 1. The summed E-state index contributed by atoms with van der Waals surface area (Å²) >= 11 is 0. The number of nitrogens with two attached hydrogens (primary N) is 1. The van der Waals surface area contributed by atoms with Crippen molar-refractivity contribution in [2.45, 2.75) is 26.1 Å². The summed E-state index contributed by atoms with van der Waals surface area (Å²) < 4.78 is 5.69. The highest BCUT2D eigenvalue weighted by atomic mass is 16.5. The minimum atomic E-state index is 0.0780. The van der Waals surface area contributed by atoms with Crippen molar-refractivity contribution in [2.24, 2.45) is 5.73 Å². The van der Waals surface area contributed by atoms with Crippen molar-refractivity contribution in [1.29, 1.82) is 5.41 Å². The Morgan fingerprint density at radius 1 is 1.47 bits per heavy atom. The summed E-state index contributed by atoms with van der Waals surface area (Å²) in [7, 11) is 0. The number of morpholine rings is 1. The minimum Gasteiger partial charge on any atom is -0.384 e. The molecule has 0 amide bonds. The molecule has 5 heteroatoms. The Morgan fingerprint density at radius 3 is 2.71 bits per heavy atom. The number of nitrogens with one attached hydrogen (secondary N) is 1. The predicted molar refractivity (Wildman–Crippen MR) is 67.5 cm³/mol. The summed E-state index contributed by atoms with van der Waals surface area (Å²) in [4.78, 5) is 6.30. The molecule has 1 aliphatic heterocycles. The van der Waals surface area contributed by atoms with Crippen LogP contribution < -0.4 is 10.6 Å². The lowest BCUT2D eigenvalue weighted by Crippen LogP contribution is -2.46. The van der Waals surface area contributed by atoms with Crippen LogP contribution in [0.5, 0.6) is 0 Å². The van der Waals surface area contributed by atoms with E-state index in [1.54, 1.807) is 18.5 Å². The fourth-order valence-electron chi connectivity index (χ4n) is 2.24. The Kier molecular flexibility index (Phi) is 3.28. The van der Waals surface area contributed by atoms with Crippen molar-refractivity contribution in [1.82, 2.24) is 4.98 Å². The van der Waals surface area contributed by atoms with Crippen molar-refractivity contribution < 1.29 is 4.74 Å². The van der Waals surface area contributed by atoms with E-state index in [1.807, 2.05) is 13.8 Å². The quantitative estimate of drug-likeness (QED) is 0.591. The zero-order valence-electron chi connectivity index (χ0n) is 10.2. The molecule has 1 aromatic rings. The topological polar surface area (TPSA) is 75.2 Å². The summed E-state index contributed by atoms with van der Waals surface area (Å²) in [6, 6.07) is 1.78. The van der Waals surface area contributed by atoms with Gasteiger partial charge in [-0.3, -0.25) is 10.4 Å². The minimum absolute atomic E-state index is 0.0780. The number of hydrogen-bond acceptors (Lipinski definition) is 4. The van der Waals surface area contributed by atoms with Gasteiger partial charge in [0.25, 0.3) is 0 Å². The second-order valence-corrected chi connectivity index (χ2v) is 4.47. The zero-order chi connectivity index (χ0) is 12.4. The summed E-state index contributed by atoms with van der Waals surface area (Å²) in [5, 5.41) is 7.59. The first-order valence-electron chi connectivity index (χ1n) is 5.76. The second-order valence-electron chi connectivity index (χ2n) is 4.47. The molecule has 0 radical (unpaired) electrons. The highest BCUT2D eigenvalue weighted by Crippen LogP contribution is 2.23. The predicted octanol–water partition coefficient (Wildman–Crippen LogP) is 0.979. The van der Waals surface area contributed by atoms with E-state index in [0.29, 0.717) is 0 Å². The number of ether oxygens (including phenoxy) is 1. The molecule has 0 unspecified atom stereocenters. The molecule has 0 spiro atoms. The third kappa shape index (κ3) is 2.55. The molecule has 3 N–H and O–H groups in total. The number of amidine groups is 1. The summed E-state index contributed by atoms with van der Waals surface area (Å²) in [6.07, 6.45) is 3.78. The molecule has 0 aliphatic carbocycles. The van der Waals surface area contributed by atoms with E-state index in [2.05, 4.69) is 9.88 Å². The van der Waals surface area contributed by atoms with Crippen LogP contribution in [0.15, 0.2) is 18.5 Å². The molecule has 0 aromatic carbocycles. The van der Waals surface area contributed by atoms with Crippen molar-refractivity contribution in [3.05, 3.63) is 24.0 Å². The lowest BCUT2D eigenvalue weighted by molar-refractivity contribution is -0.00524. The monoisotopic (exact) mass is 234 g/mol. The van der Waals surface area contributed by atoms with Crippen LogP contribution in [0.1, 0.15) is 19.4 Å². The van der Waals surface area contributed by atoms with Gasteiger partial charge >= 0.3 is 0 Å². The van der Waals surface area contributed by atoms with Crippen LogP contribution in [0.4, 0.5) is 5.69 Å². The summed E-state index contributed by atoms with van der Waals surface area (Å²) in [5.41, 5.74) is 7.24. The third-order valence-corrected chi connectivity index (χ3v) is 2.85. The van der Waals surface area contributed by atoms with E-state index in [4.69, 9.17) is 15.9 Å². The molecule has 2 rings (SSSR count). The van der Waals surface area contributed by atoms with Gasteiger partial charge in [0.05, 0.1) is 24.1 Å². The molecule has 1 saturated heterocycles. The fraction of sp³-hybridized carbons (Fsp3) is 0.500. The van der Waals surface area contributed by atoms with Crippen molar-refractivity contribution in [3.8, 4) is 0 Å². The standard InChI is InChI=1S/C12H18N4O/c1-8-6-16(7-9(2)17-8)11-5-15-4-3-10(11)12(13)14/h3-5,8-9H,6-7H2,1-2H3,(H3,13,14)/t8-,9+. The first-order chi connectivity index (χ1) is 8.08. The van der Waals surface area contributed by atoms with E-state index >= 15 is 0 Å². The molecule has 2 heterocycles. The van der Waals surface area contributed by atoms with E-state index in [9.17, 15) is 0 Å². The Hall–Kier alpha value is -1.62. The van der Waals surface area contributed by atoms with Crippen molar-refractivity contribution >= 4 is 11.5 Å². The van der Waals surface area contributed by atoms with Gasteiger partial charge in [-0.2, -0.15) is 0 Å². The van der Waals surface area contributed by atoms with Crippen molar-refractivity contribution in [3.63, 3.8) is 0 Å². The largest absolute Gasteiger partial charge is 0.384 e. The molecular formula is C12H18N4O. The maximum Gasteiger partial charge on any atom is 0.125 e. The number of rotatable bonds is 2. The average molecular weight is 234 g/mol. The van der Waals surface area contributed by atoms with Crippen LogP contribution >= 0.6 is 0 Å². The Labute approximate surface area is 101 Å². The molecule has 1 aromatic heterocycles. The maximum atomic E-state index is 7.59. The average Bonchev–Trinajstić information content (AvgIpc) is 2.27. The van der Waals surface area contributed by atoms with Crippen LogP contribution in [-0.4, -0.2) is 36.1 Å². The highest BCUT2D eigenvalue weighted by Gasteiger charge is 2.24. The molecule has 0 bridgehead atoms. The van der Waals surface area contributed by atoms with E-state index in [0.717, 1.165) is 24.3 Å². The lowest BCUT2D eigenvalue weighted by atomic mass is 10.1. The zero-order valence-corrected chi connectivity index (χ0v) is 10.2. The van der Waals surface area contributed by atoms with Gasteiger partial charge in [0.15, 0.2) is 0 Å². The van der Waals surface area contributed by atoms with Gasteiger partial charge < -0.3 is 15.4 Å². The van der Waals surface area contributed by atoms with Crippen LogP contribution in [0.3, 0.4) is 0 Å². The van der Waals surface area contributed by atoms with Gasteiger partial charge in [-0.15, -0.1) is 0 Å². The van der Waals surface area contributed by atoms with E-state index in [1.165, 1.54) is 0 Å². The summed E-state index contributed by atoms with van der Waals surface area (Å²) in [5.74, 6) is 0.0780. The number of nitrogen functional groups attached to an aromatic ring is 1. The fourth-order valence-corrected chi connectivity index (χ4v) is 2.24. The first-order valence-corrected chi connectivity index (χ1v) is 5.76. The molecular weight excluding hydrogens is 216 g/mol. The van der Waals surface area contributed by atoms with Crippen LogP contribution in [-0.2, 0) is 4.74 Å². The number of nitrogens with zero attached hydrogens (tertiary/aromatic N) is 2.